The molecule has 20 heavy (non-hydrogen) atoms. The third kappa shape index (κ3) is 5.75. The fourth-order valence-electron chi connectivity index (χ4n) is 1.41. The smallest absolute Gasteiger partial charge is 0.307 e. The maximum Gasteiger partial charge on any atom is 0.307 e. The normalized spacial score (nSPS) is 10.2. The van der Waals surface area contributed by atoms with E-state index in [9.17, 15) is 18.4 Å². The van der Waals surface area contributed by atoms with Crippen molar-refractivity contribution in [1.82, 2.24) is 5.32 Å². The van der Waals surface area contributed by atoms with Crippen molar-refractivity contribution < 1.29 is 23.1 Å². The summed E-state index contributed by atoms with van der Waals surface area (Å²) in [6, 6.07) is 2.79. The van der Waals surface area contributed by atoms with Crippen LogP contribution >= 0.6 is 0 Å². The van der Waals surface area contributed by atoms with Gasteiger partial charge in [0.15, 0.2) is 0 Å². The topological polar surface area (TPSA) is 67.4 Å². The fourth-order valence-corrected chi connectivity index (χ4v) is 1.41. The zero-order chi connectivity index (χ0) is 15.0. The van der Waals surface area contributed by atoms with Gasteiger partial charge in [-0.1, -0.05) is 0 Å². The molecule has 5 nitrogen and oxygen atoms in total. The number of ether oxygens (including phenoxy) is 1. The van der Waals surface area contributed by atoms with Crippen LogP contribution in [0.25, 0.3) is 0 Å². The molecule has 0 bridgehead atoms. The van der Waals surface area contributed by atoms with Crippen molar-refractivity contribution in [3.63, 3.8) is 0 Å². The molecule has 110 valence electrons. The summed E-state index contributed by atoms with van der Waals surface area (Å²) in [7, 11) is 0. The molecule has 7 heteroatoms. The monoisotopic (exact) mass is 286 g/mol. The van der Waals surface area contributed by atoms with Crippen LogP contribution in [0.3, 0.4) is 0 Å². The first-order chi connectivity index (χ1) is 9.52. The molecular weight excluding hydrogens is 270 g/mol. The van der Waals surface area contributed by atoms with Crippen LogP contribution in [-0.2, 0) is 14.3 Å². The molecule has 1 aromatic carbocycles. The highest BCUT2D eigenvalue weighted by Crippen LogP contribution is 2.14. The molecule has 1 rings (SSSR count). The van der Waals surface area contributed by atoms with Gasteiger partial charge in [0.25, 0.3) is 0 Å². The van der Waals surface area contributed by atoms with E-state index >= 15 is 0 Å². The lowest BCUT2D eigenvalue weighted by Gasteiger charge is -2.07. The molecule has 0 saturated carbocycles. The molecule has 0 atom stereocenters. The number of esters is 1. The molecule has 0 unspecified atom stereocenters. The second-order valence-electron chi connectivity index (χ2n) is 3.90. The van der Waals surface area contributed by atoms with E-state index in [1.54, 1.807) is 6.92 Å². The molecule has 0 saturated heterocycles. The summed E-state index contributed by atoms with van der Waals surface area (Å²) in [6.45, 7) is 2.15. The Morgan fingerprint density at radius 3 is 2.75 bits per heavy atom. The molecule has 2 N–H and O–H groups in total. The number of nitrogens with one attached hydrogen (secondary N) is 2. The van der Waals surface area contributed by atoms with E-state index in [0.29, 0.717) is 6.61 Å². The number of benzene rings is 1. The molecule has 0 aliphatic heterocycles. The van der Waals surface area contributed by atoms with Crippen molar-refractivity contribution in [2.45, 2.75) is 13.3 Å². The highest BCUT2D eigenvalue weighted by molar-refractivity contribution is 5.92. The lowest BCUT2D eigenvalue weighted by Crippen LogP contribution is -2.30. The van der Waals surface area contributed by atoms with Crippen molar-refractivity contribution in [1.29, 1.82) is 0 Å². The van der Waals surface area contributed by atoms with Crippen LogP contribution in [-0.4, -0.2) is 31.6 Å². The van der Waals surface area contributed by atoms with Gasteiger partial charge in [0.05, 0.1) is 25.3 Å². The van der Waals surface area contributed by atoms with E-state index in [2.05, 4.69) is 10.6 Å². The molecule has 0 radical (unpaired) electrons. The molecular formula is C13H16F2N2O3. The van der Waals surface area contributed by atoms with Crippen LogP contribution in [0.5, 0.6) is 0 Å². The first-order valence-corrected chi connectivity index (χ1v) is 6.14. The number of hydrogen-bond donors (Lipinski definition) is 2. The van der Waals surface area contributed by atoms with Crippen molar-refractivity contribution >= 4 is 17.6 Å². The minimum Gasteiger partial charge on any atom is -0.466 e. The zero-order valence-electron chi connectivity index (χ0n) is 11.0. The van der Waals surface area contributed by atoms with Crippen molar-refractivity contribution in [2.75, 3.05) is 25.0 Å². The highest BCUT2D eigenvalue weighted by Gasteiger charge is 2.08. The first kappa shape index (κ1) is 16.0. The average Bonchev–Trinajstić information content (AvgIpc) is 2.39. The van der Waals surface area contributed by atoms with Gasteiger partial charge in [-0.2, -0.15) is 0 Å². The van der Waals surface area contributed by atoms with Crippen LogP contribution in [0, 0.1) is 11.6 Å². The molecule has 0 fully saturated rings. The van der Waals surface area contributed by atoms with Gasteiger partial charge in [-0.15, -0.1) is 0 Å². The molecule has 0 aromatic heterocycles. The van der Waals surface area contributed by atoms with Gasteiger partial charge in [-0.3, -0.25) is 9.59 Å². The van der Waals surface area contributed by atoms with Gasteiger partial charge < -0.3 is 15.4 Å². The summed E-state index contributed by atoms with van der Waals surface area (Å²) in [4.78, 5) is 22.5. The Morgan fingerprint density at radius 2 is 2.05 bits per heavy atom. The third-order valence-corrected chi connectivity index (χ3v) is 2.30. The van der Waals surface area contributed by atoms with Gasteiger partial charge in [-0.25, -0.2) is 8.78 Å². The maximum atomic E-state index is 13.2. The zero-order valence-corrected chi connectivity index (χ0v) is 11.0. The van der Waals surface area contributed by atoms with Gasteiger partial charge in [0.2, 0.25) is 5.91 Å². The van der Waals surface area contributed by atoms with Crippen LogP contribution in [0.2, 0.25) is 0 Å². The Kier molecular flexibility index (Phi) is 6.58. The Bertz CT molecular complexity index is 481. The van der Waals surface area contributed by atoms with Crippen LogP contribution in [0.4, 0.5) is 14.5 Å². The predicted octanol–water partition coefficient (Wildman–Crippen LogP) is 1.45. The first-order valence-electron chi connectivity index (χ1n) is 6.14. The van der Waals surface area contributed by atoms with Gasteiger partial charge in [0, 0.05) is 12.6 Å². The standard InChI is InChI=1S/C13H16F2N2O3/c1-2-20-13(19)5-6-16-8-12(18)17-11-7-9(14)3-4-10(11)15/h3-4,7,16H,2,5-6,8H2,1H3,(H,17,18). The minimum atomic E-state index is -0.716. The van der Waals surface area contributed by atoms with Gasteiger partial charge in [-0.05, 0) is 19.1 Å². The van der Waals surface area contributed by atoms with E-state index in [0.717, 1.165) is 18.2 Å². The largest absolute Gasteiger partial charge is 0.466 e. The van der Waals surface area contributed by atoms with Crippen molar-refractivity contribution in [2.24, 2.45) is 0 Å². The van der Waals surface area contributed by atoms with E-state index in [4.69, 9.17) is 4.74 Å². The Labute approximate surface area is 115 Å². The average molecular weight is 286 g/mol. The van der Waals surface area contributed by atoms with Gasteiger partial charge in [0.1, 0.15) is 11.6 Å². The fraction of sp³-hybridized carbons (Fsp3) is 0.385. The summed E-state index contributed by atoms with van der Waals surface area (Å²) in [5, 5.41) is 4.93. The molecule has 1 amide bonds. The summed E-state index contributed by atoms with van der Waals surface area (Å²) >= 11 is 0. The SMILES string of the molecule is CCOC(=O)CCNCC(=O)Nc1cc(F)ccc1F. The Hall–Kier alpha value is -2.02. The summed E-state index contributed by atoms with van der Waals surface area (Å²) in [5.74, 6) is -2.25. The number of hydrogen-bond acceptors (Lipinski definition) is 4. The minimum absolute atomic E-state index is 0.116. The van der Waals surface area contributed by atoms with Crippen LogP contribution < -0.4 is 10.6 Å². The van der Waals surface area contributed by atoms with Crippen molar-refractivity contribution in [3.8, 4) is 0 Å². The molecule has 0 heterocycles. The second-order valence-corrected chi connectivity index (χ2v) is 3.90. The lowest BCUT2D eigenvalue weighted by molar-refractivity contribution is -0.143. The predicted molar refractivity (Wildman–Crippen MR) is 69.1 cm³/mol. The number of rotatable bonds is 7. The lowest BCUT2D eigenvalue weighted by atomic mass is 10.3. The second kappa shape index (κ2) is 8.21. The Morgan fingerprint density at radius 1 is 1.30 bits per heavy atom. The van der Waals surface area contributed by atoms with Gasteiger partial charge >= 0.3 is 5.97 Å². The molecule has 0 aliphatic rings. The molecule has 1 aromatic rings. The van der Waals surface area contributed by atoms with Crippen molar-refractivity contribution in [3.05, 3.63) is 29.8 Å². The van der Waals surface area contributed by atoms with E-state index in [1.807, 2.05) is 0 Å². The number of carbonyl (C=O) groups excluding carboxylic acids is 2. The van der Waals surface area contributed by atoms with Crippen LogP contribution in [0.1, 0.15) is 13.3 Å². The van der Waals surface area contributed by atoms with E-state index < -0.39 is 17.5 Å². The van der Waals surface area contributed by atoms with Crippen LogP contribution in [0.15, 0.2) is 18.2 Å². The number of anilines is 1. The summed E-state index contributed by atoms with van der Waals surface area (Å²) in [6.07, 6.45) is 0.134. The molecule has 0 aliphatic carbocycles. The summed E-state index contributed by atoms with van der Waals surface area (Å²) in [5.41, 5.74) is -0.220. The number of carbonyl (C=O) groups is 2. The quantitative estimate of drug-likeness (QED) is 0.588. The maximum absolute atomic E-state index is 13.2. The third-order valence-electron chi connectivity index (χ3n) is 2.30. The van der Waals surface area contributed by atoms with E-state index in [-0.39, 0.29) is 31.2 Å². The number of halogens is 2. The highest BCUT2D eigenvalue weighted by atomic mass is 19.1. The molecule has 0 spiro atoms. The summed E-state index contributed by atoms with van der Waals surface area (Å²) < 4.78 is 30.8. The Balaban J connectivity index is 2.30. The number of amides is 1. The van der Waals surface area contributed by atoms with E-state index in [1.165, 1.54) is 0 Å².